The van der Waals surface area contributed by atoms with Gasteiger partial charge in [0, 0.05) is 3.57 Å². The van der Waals surface area contributed by atoms with E-state index < -0.39 is 0 Å². The van der Waals surface area contributed by atoms with Gasteiger partial charge < -0.3 is 0 Å². The van der Waals surface area contributed by atoms with Crippen molar-refractivity contribution in [3.8, 4) is 22.3 Å². The average Bonchev–Trinajstić information content (AvgIpc) is 2.51. The van der Waals surface area contributed by atoms with Gasteiger partial charge in [-0.25, -0.2) is 0 Å². The van der Waals surface area contributed by atoms with E-state index in [0.29, 0.717) is 0 Å². The number of halogens is 1. The molecule has 0 amide bonds. The summed E-state index contributed by atoms with van der Waals surface area (Å²) in [5.41, 5.74) is 6.44. The van der Waals surface area contributed by atoms with Gasteiger partial charge in [0.2, 0.25) is 0 Å². The molecule has 0 N–H and O–H groups in total. The largest absolute Gasteiger partial charge is 0.0622 e. The molecule has 0 fully saturated rings. The lowest BCUT2D eigenvalue weighted by Gasteiger charge is -2.08. The van der Waals surface area contributed by atoms with E-state index in [4.69, 9.17) is 0 Å². The first-order chi connectivity index (χ1) is 9.75. The zero-order valence-electron chi connectivity index (χ0n) is 11.3. The SMILES string of the molecule is Cc1cccc(-c2ccc(-c3ccccc3)cc2)c1I. The Morgan fingerprint density at radius 3 is 1.90 bits per heavy atom. The smallest absolute Gasteiger partial charge is 0.0237 e. The van der Waals surface area contributed by atoms with Gasteiger partial charge >= 0.3 is 0 Å². The quantitative estimate of drug-likeness (QED) is 0.490. The average molecular weight is 370 g/mol. The number of aryl methyl sites for hydroxylation is 1. The molecular weight excluding hydrogens is 355 g/mol. The molecule has 0 nitrogen and oxygen atoms in total. The van der Waals surface area contributed by atoms with Crippen molar-refractivity contribution in [3.05, 3.63) is 81.9 Å². The molecule has 0 aliphatic carbocycles. The lowest BCUT2D eigenvalue weighted by molar-refractivity contribution is 1.42. The highest BCUT2D eigenvalue weighted by Crippen LogP contribution is 2.29. The number of rotatable bonds is 2. The van der Waals surface area contributed by atoms with Crippen LogP contribution in [0.25, 0.3) is 22.3 Å². The van der Waals surface area contributed by atoms with Crippen molar-refractivity contribution in [1.82, 2.24) is 0 Å². The summed E-state index contributed by atoms with van der Waals surface area (Å²) < 4.78 is 1.33. The molecule has 98 valence electrons. The van der Waals surface area contributed by atoms with Crippen molar-refractivity contribution >= 4 is 22.6 Å². The molecule has 0 atom stereocenters. The van der Waals surface area contributed by atoms with Crippen molar-refractivity contribution in [2.24, 2.45) is 0 Å². The first-order valence-electron chi connectivity index (χ1n) is 6.67. The number of benzene rings is 3. The fourth-order valence-electron chi connectivity index (χ4n) is 2.34. The maximum absolute atomic E-state index is 2.43. The van der Waals surface area contributed by atoms with Crippen LogP contribution in [-0.4, -0.2) is 0 Å². The highest BCUT2D eigenvalue weighted by atomic mass is 127. The van der Waals surface area contributed by atoms with Gasteiger partial charge in [0.1, 0.15) is 0 Å². The standard InChI is InChI=1S/C19H15I/c1-14-6-5-9-18(19(14)20)17-12-10-16(11-13-17)15-7-3-2-4-8-15/h2-13H,1H3. The minimum absolute atomic E-state index is 1.26. The highest BCUT2D eigenvalue weighted by molar-refractivity contribution is 14.1. The summed E-state index contributed by atoms with van der Waals surface area (Å²) in [6, 6.07) is 25.8. The zero-order chi connectivity index (χ0) is 13.9. The second-order valence-electron chi connectivity index (χ2n) is 4.88. The van der Waals surface area contributed by atoms with E-state index in [1.165, 1.54) is 31.4 Å². The van der Waals surface area contributed by atoms with Gasteiger partial charge in [-0.2, -0.15) is 0 Å². The lowest BCUT2D eigenvalue weighted by Crippen LogP contribution is -1.86. The van der Waals surface area contributed by atoms with Crippen LogP contribution in [0.4, 0.5) is 0 Å². The molecule has 0 unspecified atom stereocenters. The van der Waals surface area contributed by atoms with Gasteiger partial charge in [0.25, 0.3) is 0 Å². The van der Waals surface area contributed by atoms with Gasteiger partial charge in [-0.1, -0.05) is 72.8 Å². The van der Waals surface area contributed by atoms with Crippen molar-refractivity contribution < 1.29 is 0 Å². The van der Waals surface area contributed by atoms with E-state index in [9.17, 15) is 0 Å². The Morgan fingerprint density at radius 2 is 1.20 bits per heavy atom. The van der Waals surface area contributed by atoms with Crippen molar-refractivity contribution in [2.45, 2.75) is 6.92 Å². The normalized spacial score (nSPS) is 10.5. The topological polar surface area (TPSA) is 0 Å². The monoisotopic (exact) mass is 370 g/mol. The van der Waals surface area contributed by atoms with Gasteiger partial charge in [-0.15, -0.1) is 0 Å². The molecule has 0 bridgehead atoms. The summed E-state index contributed by atoms with van der Waals surface area (Å²) >= 11 is 2.43. The van der Waals surface area contributed by atoms with Crippen molar-refractivity contribution in [2.75, 3.05) is 0 Å². The van der Waals surface area contributed by atoms with Crippen LogP contribution < -0.4 is 0 Å². The summed E-state index contributed by atoms with van der Waals surface area (Å²) in [5.74, 6) is 0. The fraction of sp³-hybridized carbons (Fsp3) is 0.0526. The molecule has 3 rings (SSSR count). The van der Waals surface area contributed by atoms with Gasteiger partial charge in [0.05, 0.1) is 0 Å². The molecule has 0 aromatic heterocycles. The maximum atomic E-state index is 2.43. The van der Waals surface area contributed by atoms with Crippen LogP contribution in [0.1, 0.15) is 5.56 Å². The Labute approximate surface area is 133 Å². The van der Waals surface area contributed by atoms with Crippen LogP contribution >= 0.6 is 22.6 Å². The number of hydrogen-bond acceptors (Lipinski definition) is 0. The van der Waals surface area contributed by atoms with Crippen LogP contribution in [0, 0.1) is 10.5 Å². The second kappa shape index (κ2) is 5.80. The minimum Gasteiger partial charge on any atom is -0.0622 e. The highest BCUT2D eigenvalue weighted by Gasteiger charge is 2.05. The van der Waals surface area contributed by atoms with Crippen molar-refractivity contribution in [1.29, 1.82) is 0 Å². The van der Waals surface area contributed by atoms with Crippen LogP contribution in [-0.2, 0) is 0 Å². The third-order valence-electron chi connectivity index (χ3n) is 3.49. The van der Waals surface area contributed by atoms with E-state index in [1.807, 2.05) is 6.07 Å². The molecule has 0 aliphatic heterocycles. The van der Waals surface area contributed by atoms with Crippen LogP contribution in [0.5, 0.6) is 0 Å². The summed E-state index contributed by atoms with van der Waals surface area (Å²) in [6.45, 7) is 2.16. The van der Waals surface area contributed by atoms with Gasteiger partial charge in [0.15, 0.2) is 0 Å². The predicted molar refractivity (Wildman–Crippen MR) is 94.8 cm³/mol. The third-order valence-corrected chi connectivity index (χ3v) is 4.93. The Morgan fingerprint density at radius 1 is 0.600 bits per heavy atom. The summed E-state index contributed by atoms with van der Waals surface area (Å²) in [7, 11) is 0. The second-order valence-corrected chi connectivity index (χ2v) is 5.96. The van der Waals surface area contributed by atoms with Gasteiger partial charge in [-0.3, -0.25) is 0 Å². The molecule has 0 spiro atoms. The minimum atomic E-state index is 1.26. The predicted octanol–water partition coefficient (Wildman–Crippen LogP) is 5.93. The summed E-state index contributed by atoms with van der Waals surface area (Å²) in [5, 5.41) is 0. The van der Waals surface area contributed by atoms with Crippen LogP contribution in [0.3, 0.4) is 0 Å². The van der Waals surface area contributed by atoms with Crippen LogP contribution in [0.15, 0.2) is 72.8 Å². The summed E-state index contributed by atoms with van der Waals surface area (Å²) in [6.07, 6.45) is 0. The molecule has 3 aromatic rings. The maximum Gasteiger partial charge on any atom is 0.0237 e. The van der Waals surface area contributed by atoms with E-state index in [-0.39, 0.29) is 0 Å². The number of hydrogen-bond donors (Lipinski definition) is 0. The van der Waals surface area contributed by atoms with E-state index in [0.717, 1.165) is 0 Å². The first kappa shape index (κ1) is 13.4. The van der Waals surface area contributed by atoms with E-state index in [1.54, 1.807) is 0 Å². The lowest BCUT2D eigenvalue weighted by atomic mass is 9.99. The Bertz CT molecular complexity index is 713. The zero-order valence-corrected chi connectivity index (χ0v) is 13.5. The van der Waals surface area contributed by atoms with Gasteiger partial charge in [-0.05, 0) is 57.3 Å². The molecule has 20 heavy (non-hydrogen) atoms. The molecule has 0 saturated heterocycles. The summed E-state index contributed by atoms with van der Waals surface area (Å²) in [4.78, 5) is 0. The molecule has 0 aliphatic rings. The Kier molecular flexibility index (Phi) is 3.88. The Hall–Kier alpha value is -1.61. The molecule has 1 heteroatoms. The fourth-order valence-corrected chi connectivity index (χ4v) is 3.01. The van der Waals surface area contributed by atoms with Crippen molar-refractivity contribution in [3.63, 3.8) is 0 Å². The first-order valence-corrected chi connectivity index (χ1v) is 7.74. The third kappa shape index (κ3) is 2.63. The molecular formula is C19H15I. The van der Waals surface area contributed by atoms with Crippen LogP contribution in [0.2, 0.25) is 0 Å². The molecule has 0 radical (unpaired) electrons. The molecule has 3 aromatic carbocycles. The Balaban J connectivity index is 2.00. The van der Waals surface area contributed by atoms with E-state index >= 15 is 0 Å². The molecule has 0 heterocycles. The molecule has 0 saturated carbocycles. The van der Waals surface area contributed by atoms with E-state index in [2.05, 4.69) is 96.2 Å².